The van der Waals surface area contributed by atoms with E-state index >= 15 is 0 Å². The fourth-order valence-electron chi connectivity index (χ4n) is 2.13. The molecule has 0 spiro atoms. The molecule has 1 aromatic carbocycles. The van der Waals surface area contributed by atoms with Crippen LogP contribution in [0.2, 0.25) is 0 Å². The summed E-state index contributed by atoms with van der Waals surface area (Å²) in [6, 6.07) is 6.97. The molecule has 84 valence electrons. The predicted octanol–water partition coefficient (Wildman–Crippen LogP) is 2.64. The van der Waals surface area contributed by atoms with Crippen LogP contribution < -0.4 is 0 Å². The lowest BCUT2D eigenvalue weighted by Gasteiger charge is -2.33. The number of benzene rings is 1. The molecule has 0 saturated heterocycles. The van der Waals surface area contributed by atoms with E-state index in [-0.39, 0.29) is 17.9 Å². The number of hydrogen-bond donors (Lipinski definition) is 3. The van der Waals surface area contributed by atoms with E-state index in [1.165, 1.54) is 0 Å². The normalized spacial score (nSPS) is 24.1. The molecule has 0 amide bonds. The van der Waals surface area contributed by atoms with Gasteiger partial charge in [-0.05, 0) is 12.0 Å². The molecule has 3 N–H and O–H groups in total. The summed E-state index contributed by atoms with van der Waals surface area (Å²) < 4.78 is 0. The number of aliphatic hydroxyl groups is 3. The van der Waals surface area contributed by atoms with Gasteiger partial charge < -0.3 is 15.3 Å². The molecule has 1 atom stereocenters. The summed E-state index contributed by atoms with van der Waals surface area (Å²) in [5, 5.41) is 29.8. The van der Waals surface area contributed by atoms with Crippen LogP contribution in [-0.4, -0.2) is 15.3 Å². The molecule has 16 heavy (non-hydrogen) atoms. The highest BCUT2D eigenvalue weighted by Crippen LogP contribution is 2.41. The molecule has 0 bridgehead atoms. The highest BCUT2D eigenvalue weighted by molar-refractivity contribution is 5.67. The average Bonchev–Trinajstić information content (AvgIpc) is 2.27. The summed E-state index contributed by atoms with van der Waals surface area (Å²) in [6.07, 6.45) is 1.95. The van der Waals surface area contributed by atoms with E-state index in [2.05, 4.69) is 6.58 Å². The van der Waals surface area contributed by atoms with Crippen LogP contribution in [0, 0.1) is 0 Å². The van der Waals surface area contributed by atoms with Gasteiger partial charge in [0, 0.05) is 12.0 Å². The van der Waals surface area contributed by atoms with Crippen molar-refractivity contribution in [1.82, 2.24) is 0 Å². The molecule has 0 saturated carbocycles. The van der Waals surface area contributed by atoms with Crippen molar-refractivity contribution in [2.75, 3.05) is 0 Å². The van der Waals surface area contributed by atoms with Crippen molar-refractivity contribution in [3.8, 4) is 0 Å². The zero-order chi connectivity index (χ0) is 11.8. The van der Waals surface area contributed by atoms with Gasteiger partial charge in [-0.2, -0.15) is 0 Å². The topological polar surface area (TPSA) is 60.7 Å². The van der Waals surface area contributed by atoms with Gasteiger partial charge in [0.25, 0.3) is 0 Å². The molecule has 1 aliphatic rings. The van der Waals surface area contributed by atoms with Gasteiger partial charge in [-0.1, -0.05) is 30.3 Å². The molecule has 3 heteroatoms. The maximum Gasteiger partial charge on any atom is 0.160 e. The van der Waals surface area contributed by atoms with E-state index in [4.69, 9.17) is 0 Å². The zero-order valence-corrected chi connectivity index (χ0v) is 8.85. The monoisotopic (exact) mass is 218 g/mol. The third-order valence-electron chi connectivity index (χ3n) is 2.90. The van der Waals surface area contributed by atoms with Crippen molar-refractivity contribution >= 4 is 5.76 Å². The fourth-order valence-corrected chi connectivity index (χ4v) is 2.13. The Bertz CT molecular complexity index is 462. The first-order chi connectivity index (χ1) is 7.58. The van der Waals surface area contributed by atoms with Crippen molar-refractivity contribution < 1.29 is 15.3 Å². The quantitative estimate of drug-likeness (QED) is 0.669. The summed E-state index contributed by atoms with van der Waals surface area (Å²) in [4.78, 5) is 0. The Morgan fingerprint density at radius 1 is 1.31 bits per heavy atom. The molecule has 3 nitrogen and oxygen atoms in total. The van der Waals surface area contributed by atoms with E-state index in [1.807, 2.05) is 0 Å². The van der Waals surface area contributed by atoms with E-state index in [0.29, 0.717) is 17.5 Å². The van der Waals surface area contributed by atoms with Crippen molar-refractivity contribution in [3.05, 3.63) is 53.8 Å². The summed E-state index contributed by atoms with van der Waals surface area (Å²) in [5.74, 6) is -0.326. The molecule has 2 rings (SSSR count). The lowest BCUT2D eigenvalue weighted by atomic mass is 9.79. The Balaban J connectivity index is 2.61. The Hall–Kier alpha value is -1.74. The Morgan fingerprint density at radius 3 is 2.69 bits per heavy atom. The minimum atomic E-state index is -1.17. The molecule has 0 heterocycles. The van der Waals surface area contributed by atoms with Gasteiger partial charge in [-0.3, -0.25) is 0 Å². The van der Waals surface area contributed by atoms with Crippen LogP contribution >= 0.6 is 0 Å². The summed E-state index contributed by atoms with van der Waals surface area (Å²) in [5.41, 5.74) is -0.0601. The van der Waals surface area contributed by atoms with Crippen LogP contribution in [0.25, 0.3) is 5.76 Å². The van der Waals surface area contributed by atoms with Crippen molar-refractivity contribution in [2.45, 2.75) is 18.4 Å². The molecule has 1 unspecified atom stereocenters. The van der Waals surface area contributed by atoms with Crippen LogP contribution in [0.3, 0.4) is 0 Å². The lowest BCUT2D eigenvalue weighted by Crippen LogP contribution is -2.30. The molecular formula is C13H14O3. The Labute approximate surface area is 94.0 Å². The number of hydrogen-bond acceptors (Lipinski definition) is 3. The van der Waals surface area contributed by atoms with E-state index in [1.54, 1.807) is 30.3 Å². The fraction of sp³-hybridized carbons (Fsp3) is 0.231. The Kier molecular flexibility index (Phi) is 2.48. The summed E-state index contributed by atoms with van der Waals surface area (Å²) in [6.45, 7) is 3.60. The van der Waals surface area contributed by atoms with Gasteiger partial charge in [0.05, 0.1) is 0 Å². The highest BCUT2D eigenvalue weighted by Gasteiger charge is 2.37. The van der Waals surface area contributed by atoms with Crippen LogP contribution in [0.15, 0.2) is 42.7 Å². The molecule has 1 aromatic rings. The van der Waals surface area contributed by atoms with Gasteiger partial charge >= 0.3 is 0 Å². The number of fused-ring (bicyclic) bond motifs is 1. The van der Waals surface area contributed by atoms with Crippen molar-refractivity contribution in [1.29, 1.82) is 0 Å². The first-order valence-electron chi connectivity index (χ1n) is 5.13. The number of aliphatic hydroxyl groups excluding tert-OH is 2. The van der Waals surface area contributed by atoms with Gasteiger partial charge in [-0.15, -0.1) is 6.58 Å². The molecule has 0 fully saturated rings. The second kappa shape index (κ2) is 3.68. The van der Waals surface area contributed by atoms with Crippen molar-refractivity contribution in [2.24, 2.45) is 0 Å². The number of rotatable bonds is 2. The highest BCUT2D eigenvalue weighted by atomic mass is 16.3. The van der Waals surface area contributed by atoms with Gasteiger partial charge in [0.2, 0.25) is 0 Å². The maximum absolute atomic E-state index is 10.4. The van der Waals surface area contributed by atoms with E-state index < -0.39 is 5.60 Å². The van der Waals surface area contributed by atoms with Crippen molar-refractivity contribution in [3.63, 3.8) is 0 Å². The standard InChI is InChI=1S/C13H14O3/c1-2-7-13(16)8-11(14)12(15)9-5-3-4-6-10(9)13/h2-6,14-16H,1,7-8H2. The third kappa shape index (κ3) is 1.49. The first kappa shape index (κ1) is 10.8. The molecule has 0 aliphatic heterocycles. The molecule has 0 aromatic heterocycles. The van der Waals surface area contributed by atoms with Gasteiger partial charge in [0.1, 0.15) is 11.4 Å². The third-order valence-corrected chi connectivity index (χ3v) is 2.90. The van der Waals surface area contributed by atoms with E-state index in [9.17, 15) is 15.3 Å². The average molecular weight is 218 g/mol. The lowest BCUT2D eigenvalue weighted by molar-refractivity contribution is 0.0257. The second-order valence-corrected chi connectivity index (χ2v) is 4.04. The Morgan fingerprint density at radius 2 is 2.00 bits per heavy atom. The van der Waals surface area contributed by atoms with Crippen LogP contribution in [0.1, 0.15) is 24.0 Å². The minimum Gasteiger partial charge on any atom is -0.508 e. The minimum absolute atomic E-state index is 0.0157. The largest absolute Gasteiger partial charge is 0.508 e. The zero-order valence-electron chi connectivity index (χ0n) is 8.85. The van der Waals surface area contributed by atoms with Gasteiger partial charge in [0.15, 0.2) is 5.76 Å². The molecule has 0 radical (unpaired) electrons. The maximum atomic E-state index is 10.4. The summed E-state index contributed by atoms with van der Waals surface area (Å²) in [7, 11) is 0. The van der Waals surface area contributed by atoms with Gasteiger partial charge in [-0.25, -0.2) is 0 Å². The predicted molar refractivity (Wildman–Crippen MR) is 61.9 cm³/mol. The summed E-state index contributed by atoms with van der Waals surface area (Å²) >= 11 is 0. The first-order valence-corrected chi connectivity index (χ1v) is 5.13. The van der Waals surface area contributed by atoms with Crippen LogP contribution in [0.4, 0.5) is 0 Å². The van der Waals surface area contributed by atoms with Crippen LogP contribution in [-0.2, 0) is 5.60 Å². The molecule has 1 aliphatic carbocycles. The SMILES string of the molecule is C=CCC1(O)CC(O)=C(O)c2ccccc21. The van der Waals surface area contributed by atoms with Crippen LogP contribution in [0.5, 0.6) is 0 Å². The molecular weight excluding hydrogens is 204 g/mol. The smallest absolute Gasteiger partial charge is 0.160 e. The van der Waals surface area contributed by atoms with E-state index in [0.717, 1.165) is 0 Å². The second-order valence-electron chi connectivity index (χ2n) is 4.04.